The van der Waals surface area contributed by atoms with Crippen molar-refractivity contribution in [3.63, 3.8) is 0 Å². The number of nitrogens with one attached hydrogen (secondary N) is 2. The van der Waals surface area contributed by atoms with Crippen LogP contribution in [0.4, 0.5) is 11.4 Å². The third-order valence-electron chi connectivity index (χ3n) is 4.65. The monoisotopic (exact) mass is 469 g/mol. The van der Waals surface area contributed by atoms with E-state index in [4.69, 9.17) is 11.6 Å². The molecule has 2 N–H and O–H groups in total. The fraction of sp³-hybridized carbons (Fsp3) is 0.217. The number of rotatable bonds is 9. The van der Waals surface area contributed by atoms with Gasteiger partial charge in [-0.3, -0.25) is 9.59 Å². The van der Waals surface area contributed by atoms with Gasteiger partial charge in [0, 0.05) is 22.9 Å². The molecule has 3 aromatic rings. The van der Waals surface area contributed by atoms with Crippen LogP contribution in [0.25, 0.3) is 0 Å². The van der Waals surface area contributed by atoms with E-state index in [1.54, 1.807) is 22.8 Å². The van der Waals surface area contributed by atoms with Gasteiger partial charge in [0.1, 0.15) is 5.82 Å². The van der Waals surface area contributed by atoms with Crippen molar-refractivity contribution in [3.05, 3.63) is 77.1 Å². The Bertz CT molecular complexity index is 1150. The molecule has 0 bridgehead atoms. The molecule has 7 nitrogen and oxygen atoms in total. The quantitative estimate of drug-likeness (QED) is 0.352. The average molecular weight is 470 g/mol. The summed E-state index contributed by atoms with van der Waals surface area (Å²) in [5, 5.41) is 15.2. The number of carbonyl (C=O) groups excluding carboxylic acids is 2. The molecule has 1 heterocycles. The maximum absolute atomic E-state index is 12.5. The number of aryl methyl sites for hydroxylation is 2. The molecule has 32 heavy (non-hydrogen) atoms. The van der Waals surface area contributed by atoms with Crippen LogP contribution >= 0.6 is 23.4 Å². The van der Waals surface area contributed by atoms with Crippen molar-refractivity contribution < 1.29 is 9.59 Å². The van der Waals surface area contributed by atoms with E-state index in [9.17, 15) is 9.59 Å². The first-order chi connectivity index (χ1) is 15.4. The molecular weight excluding hydrogens is 446 g/mol. The van der Waals surface area contributed by atoms with Crippen molar-refractivity contribution in [1.29, 1.82) is 0 Å². The van der Waals surface area contributed by atoms with Crippen molar-refractivity contribution in [2.45, 2.75) is 32.0 Å². The number of halogens is 1. The molecule has 0 unspecified atom stereocenters. The second kappa shape index (κ2) is 11.0. The van der Waals surface area contributed by atoms with Crippen LogP contribution in [-0.4, -0.2) is 32.3 Å². The summed E-state index contributed by atoms with van der Waals surface area (Å²) in [5.74, 6) is 0.260. The minimum atomic E-state index is -0.192. The van der Waals surface area contributed by atoms with E-state index in [0.717, 1.165) is 16.8 Å². The number of aromatic nitrogens is 3. The highest BCUT2D eigenvalue weighted by molar-refractivity contribution is 7.99. The Labute approximate surface area is 196 Å². The van der Waals surface area contributed by atoms with E-state index >= 15 is 0 Å². The molecule has 0 radical (unpaired) electrons. The van der Waals surface area contributed by atoms with Crippen LogP contribution in [0.2, 0.25) is 5.02 Å². The molecule has 2 aromatic carbocycles. The second-order valence-electron chi connectivity index (χ2n) is 7.13. The number of anilines is 2. The molecule has 9 heteroatoms. The molecule has 0 atom stereocenters. The summed E-state index contributed by atoms with van der Waals surface area (Å²) in [4.78, 5) is 25.0. The van der Waals surface area contributed by atoms with Gasteiger partial charge in [0.2, 0.25) is 11.8 Å². The summed E-state index contributed by atoms with van der Waals surface area (Å²) in [6.07, 6.45) is 1.76. The Morgan fingerprint density at radius 3 is 2.53 bits per heavy atom. The lowest BCUT2D eigenvalue weighted by molar-refractivity contribution is -0.116. The highest BCUT2D eigenvalue weighted by Gasteiger charge is 2.17. The second-order valence-corrected chi connectivity index (χ2v) is 8.51. The Morgan fingerprint density at radius 1 is 1.06 bits per heavy atom. The lowest BCUT2D eigenvalue weighted by atomic mass is 10.2. The summed E-state index contributed by atoms with van der Waals surface area (Å²) in [7, 11) is 0. The Kier molecular flexibility index (Phi) is 8.08. The summed E-state index contributed by atoms with van der Waals surface area (Å²) >= 11 is 7.26. The van der Waals surface area contributed by atoms with E-state index < -0.39 is 0 Å². The smallest absolute Gasteiger partial charge is 0.234 e. The van der Waals surface area contributed by atoms with Gasteiger partial charge in [0.25, 0.3) is 0 Å². The van der Waals surface area contributed by atoms with Crippen LogP contribution in [0.5, 0.6) is 0 Å². The molecule has 0 fully saturated rings. The van der Waals surface area contributed by atoms with Gasteiger partial charge in [0.15, 0.2) is 5.16 Å². The predicted octanol–water partition coefficient (Wildman–Crippen LogP) is 4.65. The zero-order valence-corrected chi connectivity index (χ0v) is 19.5. The largest absolute Gasteiger partial charge is 0.325 e. The topological polar surface area (TPSA) is 88.9 Å². The molecule has 0 saturated heterocycles. The predicted molar refractivity (Wildman–Crippen MR) is 129 cm³/mol. The minimum Gasteiger partial charge on any atom is -0.325 e. The number of thioether (sulfide) groups is 1. The van der Waals surface area contributed by atoms with Gasteiger partial charge in [-0.25, -0.2) is 0 Å². The highest BCUT2D eigenvalue weighted by atomic mass is 35.5. The van der Waals surface area contributed by atoms with Crippen LogP contribution in [0.1, 0.15) is 17.0 Å². The number of carbonyl (C=O) groups is 2. The molecule has 0 aliphatic carbocycles. The highest BCUT2D eigenvalue weighted by Crippen LogP contribution is 2.22. The Hall–Kier alpha value is -3.10. The Morgan fingerprint density at radius 2 is 1.78 bits per heavy atom. The van der Waals surface area contributed by atoms with Gasteiger partial charge >= 0.3 is 0 Å². The zero-order valence-electron chi connectivity index (χ0n) is 17.9. The third-order valence-corrected chi connectivity index (χ3v) is 5.85. The van der Waals surface area contributed by atoms with Crippen molar-refractivity contribution in [3.8, 4) is 0 Å². The Balaban J connectivity index is 1.64. The van der Waals surface area contributed by atoms with Gasteiger partial charge < -0.3 is 15.2 Å². The number of benzene rings is 2. The van der Waals surface area contributed by atoms with Crippen molar-refractivity contribution in [2.24, 2.45) is 0 Å². The third kappa shape index (κ3) is 6.21. The van der Waals surface area contributed by atoms with Crippen LogP contribution in [0.15, 0.2) is 60.3 Å². The molecule has 0 spiro atoms. The summed E-state index contributed by atoms with van der Waals surface area (Å²) < 4.78 is 1.78. The lowest BCUT2D eigenvalue weighted by Gasteiger charge is -2.10. The standard InChI is InChI=1S/C23H24ClN5O2S/c1-4-11-29-20(13-21(30)25-18-8-6-5-7-15(18)2)27-28-23(29)32-14-22(31)26-19-12-17(24)10-9-16(19)3/h4-10,12H,1,11,13-14H2,2-3H3,(H,25,30)(H,26,31). The van der Waals surface area contributed by atoms with Crippen molar-refractivity contribution in [2.75, 3.05) is 16.4 Å². The molecular formula is C23H24ClN5O2S. The van der Waals surface area contributed by atoms with Crippen LogP contribution < -0.4 is 10.6 Å². The summed E-state index contributed by atoms with van der Waals surface area (Å²) in [6, 6.07) is 12.9. The number of hydrogen-bond acceptors (Lipinski definition) is 5. The first-order valence-corrected chi connectivity index (χ1v) is 11.3. The molecule has 1 aromatic heterocycles. The number of allylic oxidation sites excluding steroid dienone is 1. The van der Waals surface area contributed by atoms with E-state index in [2.05, 4.69) is 27.4 Å². The molecule has 166 valence electrons. The van der Waals surface area contributed by atoms with Crippen LogP contribution in [0, 0.1) is 13.8 Å². The number of amides is 2. The number of nitrogens with zero attached hydrogens (tertiary/aromatic N) is 3. The molecule has 3 rings (SSSR count). The van der Waals surface area contributed by atoms with Gasteiger partial charge in [-0.05, 0) is 43.2 Å². The van der Waals surface area contributed by atoms with E-state index in [-0.39, 0.29) is 24.0 Å². The van der Waals surface area contributed by atoms with Gasteiger partial charge in [0.05, 0.1) is 12.2 Å². The van der Waals surface area contributed by atoms with Gasteiger partial charge in [-0.1, -0.05) is 53.7 Å². The molecule has 0 saturated carbocycles. The van der Waals surface area contributed by atoms with E-state index in [1.807, 2.05) is 44.2 Å². The zero-order chi connectivity index (χ0) is 23.1. The van der Waals surface area contributed by atoms with Crippen molar-refractivity contribution >= 4 is 46.6 Å². The maximum atomic E-state index is 12.5. The fourth-order valence-corrected chi connectivity index (χ4v) is 3.90. The number of hydrogen-bond donors (Lipinski definition) is 2. The molecule has 0 aliphatic rings. The first kappa shape index (κ1) is 23.6. The molecule has 0 aliphatic heterocycles. The lowest BCUT2D eigenvalue weighted by Crippen LogP contribution is -2.18. The van der Waals surface area contributed by atoms with Crippen LogP contribution in [0.3, 0.4) is 0 Å². The normalized spacial score (nSPS) is 10.6. The fourth-order valence-electron chi connectivity index (χ4n) is 2.97. The van der Waals surface area contributed by atoms with Crippen molar-refractivity contribution in [1.82, 2.24) is 14.8 Å². The van der Waals surface area contributed by atoms with Gasteiger partial charge in [-0.2, -0.15) is 0 Å². The first-order valence-electron chi connectivity index (χ1n) is 9.94. The summed E-state index contributed by atoms with van der Waals surface area (Å²) in [6.45, 7) is 8.02. The molecule has 2 amide bonds. The average Bonchev–Trinajstić information content (AvgIpc) is 3.12. The van der Waals surface area contributed by atoms with Crippen LogP contribution in [-0.2, 0) is 22.6 Å². The maximum Gasteiger partial charge on any atom is 0.234 e. The van der Waals surface area contributed by atoms with E-state index in [0.29, 0.717) is 28.2 Å². The minimum absolute atomic E-state index is 0.0592. The SMILES string of the molecule is C=CCn1c(CC(=O)Nc2ccccc2C)nnc1SCC(=O)Nc1cc(Cl)ccc1C. The summed E-state index contributed by atoms with van der Waals surface area (Å²) in [5.41, 5.74) is 3.33. The number of para-hydroxylation sites is 1. The van der Waals surface area contributed by atoms with E-state index in [1.165, 1.54) is 11.8 Å². The van der Waals surface area contributed by atoms with Gasteiger partial charge in [-0.15, -0.1) is 16.8 Å².